The number of unbranched alkanes of at least 4 members (excludes halogenated alkanes) is 1. The van der Waals surface area contributed by atoms with Gasteiger partial charge in [0.1, 0.15) is 10.8 Å². The van der Waals surface area contributed by atoms with Crippen LogP contribution in [0.3, 0.4) is 0 Å². The average Bonchev–Trinajstić information content (AvgIpc) is 2.53. The Kier molecular flexibility index (Phi) is 2.99. The monoisotopic (exact) mass is 204 g/mol. The summed E-state index contributed by atoms with van der Waals surface area (Å²) >= 11 is 0. The smallest absolute Gasteiger partial charge is 0.127 e. The lowest BCUT2D eigenvalue weighted by molar-refractivity contribution is 0.493. The Morgan fingerprint density at radius 3 is 3.00 bits per heavy atom. The van der Waals surface area contributed by atoms with Crippen molar-refractivity contribution in [1.29, 1.82) is 0 Å². The van der Waals surface area contributed by atoms with Crippen molar-refractivity contribution < 1.29 is 4.42 Å². The van der Waals surface area contributed by atoms with Gasteiger partial charge >= 0.3 is 0 Å². The van der Waals surface area contributed by atoms with Gasteiger partial charge in [-0.25, -0.2) is 0 Å². The molecule has 2 rings (SSSR count). The zero-order chi connectivity index (χ0) is 10.8. The molecule has 0 bridgehead atoms. The highest BCUT2D eigenvalue weighted by Crippen LogP contribution is 2.20. The molecule has 0 fully saturated rings. The molecule has 1 aromatic heterocycles. The van der Waals surface area contributed by atoms with Crippen LogP contribution in [0.25, 0.3) is 12.7 Å². The molecule has 1 heterocycles. The molecule has 1 aliphatic rings. The second-order valence-corrected chi connectivity index (χ2v) is 4.69. The normalized spacial score (nSPS) is 21.7. The van der Waals surface area contributed by atoms with Gasteiger partial charge in [0.2, 0.25) is 0 Å². The van der Waals surface area contributed by atoms with E-state index in [-0.39, 0.29) is 0 Å². The fraction of sp³-hybridized carbons (Fsp3) is 0.571. The standard InChI is InChI=1S/C14H20O/c1-4-5-6-14-12-8-7-10(2)9-13(12)11(3)15-14/h6,10H,3-5,7-9H2,1-2H3/b14-6-. The van der Waals surface area contributed by atoms with Crippen LogP contribution in [0.5, 0.6) is 0 Å². The van der Waals surface area contributed by atoms with Crippen LogP contribution in [-0.2, 0) is 12.8 Å². The van der Waals surface area contributed by atoms with E-state index in [1.807, 2.05) is 0 Å². The fourth-order valence-corrected chi connectivity index (χ4v) is 2.37. The maximum Gasteiger partial charge on any atom is 0.127 e. The Morgan fingerprint density at radius 1 is 1.47 bits per heavy atom. The van der Waals surface area contributed by atoms with E-state index in [1.165, 1.54) is 30.4 Å². The fourth-order valence-electron chi connectivity index (χ4n) is 2.37. The second-order valence-electron chi connectivity index (χ2n) is 4.69. The summed E-state index contributed by atoms with van der Waals surface area (Å²) in [7, 11) is 0. The molecular formula is C14H20O. The van der Waals surface area contributed by atoms with E-state index in [9.17, 15) is 0 Å². The van der Waals surface area contributed by atoms with Gasteiger partial charge in [0.25, 0.3) is 0 Å². The van der Waals surface area contributed by atoms with Crippen LogP contribution in [0, 0.1) is 5.92 Å². The summed E-state index contributed by atoms with van der Waals surface area (Å²) < 4.78 is 5.75. The van der Waals surface area contributed by atoms with Crippen molar-refractivity contribution in [2.75, 3.05) is 0 Å². The molecule has 0 amide bonds. The van der Waals surface area contributed by atoms with Gasteiger partial charge in [-0.3, -0.25) is 0 Å². The van der Waals surface area contributed by atoms with Crippen molar-refractivity contribution in [2.24, 2.45) is 5.92 Å². The van der Waals surface area contributed by atoms with Gasteiger partial charge in [0.15, 0.2) is 0 Å². The lowest BCUT2D eigenvalue weighted by Gasteiger charge is -2.16. The van der Waals surface area contributed by atoms with Gasteiger partial charge < -0.3 is 4.42 Å². The van der Waals surface area contributed by atoms with Crippen LogP contribution in [0.15, 0.2) is 4.42 Å². The highest BCUT2D eigenvalue weighted by atomic mass is 16.3. The van der Waals surface area contributed by atoms with Crippen molar-refractivity contribution in [3.63, 3.8) is 0 Å². The quantitative estimate of drug-likeness (QED) is 0.721. The first-order valence-corrected chi connectivity index (χ1v) is 6.02. The highest BCUT2D eigenvalue weighted by Gasteiger charge is 2.19. The Labute approximate surface area is 91.5 Å². The maximum atomic E-state index is 5.75. The Morgan fingerprint density at radius 2 is 2.27 bits per heavy atom. The van der Waals surface area contributed by atoms with E-state index in [4.69, 9.17) is 4.42 Å². The predicted molar refractivity (Wildman–Crippen MR) is 64.0 cm³/mol. The molecule has 1 unspecified atom stereocenters. The number of hydrogen-bond donors (Lipinski definition) is 0. The molecular weight excluding hydrogens is 184 g/mol. The third-order valence-corrected chi connectivity index (χ3v) is 3.29. The number of fused-ring (bicyclic) bond motifs is 1. The number of hydrogen-bond acceptors (Lipinski definition) is 1. The van der Waals surface area contributed by atoms with Crippen molar-refractivity contribution in [1.82, 2.24) is 0 Å². The maximum absolute atomic E-state index is 5.75. The Hall–Kier alpha value is -0.980. The Balaban J connectivity index is 2.44. The van der Waals surface area contributed by atoms with Crippen LogP contribution in [0.1, 0.15) is 44.2 Å². The lowest BCUT2D eigenvalue weighted by Crippen LogP contribution is -2.17. The summed E-state index contributed by atoms with van der Waals surface area (Å²) in [6, 6.07) is 0. The second kappa shape index (κ2) is 4.26. The summed E-state index contributed by atoms with van der Waals surface area (Å²) in [5, 5.41) is 0. The number of rotatable bonds is 2. The van der Waals surface area contributed by atoms with Crippen LogP contribution in [0.2, 0.25) is 0 Å². The van der Waals surface area contributed by atoms with Crippen molar-refractivity contribution in [2.45, 2.75) is 46.0 Å². The first-order valence-electron chi connectivity index (χ1n) is 6.02. The molecule has 1 aliphatic carbocycles. The van der Waals surface area contributed by atoms with Gasteiger partial charge in [-0.15, -0.1) is 0 Å². The van der Waals surface area contributed by atoms with Crippen LogP contribution in [0.4, 0.5) is 0 Å². The van der Waals surface area contributed by atoms with E-state index in [0.717, 1.165) is 29.6 Å². The van der Waals surface area contributed by atoms with E-state index in [0.29, 0.717) is 0 Å². The molecule has 0 radical (unpaired) electrons. The zero-order valence-electron chi connectivity index (χ0n) is 9.81. The van der Waals surface area contributed by atoms with E-state index >= 15 is 0 Å². The van der Waals surface area contributed by atoms with Gasteiger partial charge in [0, 0.05) is 11.1 Å². The zero-order valence-corrected chi connectivity index (χ0v) is 9.81. The topological polar surface area (TPSA) is 13.1 Å². The summed E-state index contributed by atoms with van der Waals surface area (Å²) in [6.07, 6.45) is 8.12. The Bertz CT molecular complexity index is 439. The molecule has 0 N–H and O–H groups in total. The SMILES string of the molecule is C=c1o/c(=C\CCC)c2c1CC(C)CC2. The molecule has 0 aliphatic heterocycles. The largest absolute Gasteiger partial charge is 0.458 e. The van der Waals surface area contributed by atoms with Gasteiger partial charge in [-0.2, -0.15) is 0 Å². The molecule has 1 atom stereocenters. The molecule has 0 saturated carbocycles. The van der Waals surface area contributed by atoms with Crippen molar-refractivity contribution in [3.8, 4) is 0 Å². The molecule has 1 heteroatoms. The van der Waals surface area contributed by atoms with Crippen LogP contribution >= 0.6 is 0 Å². The minimum Gasteiger partial charge on any atom is -0.458 e. The lowest BCUT2D eigenvalue weighted by atomic mass is 9.86. The highest BCUT2D eigenvalue weighted by molar-refractivity contribution is 5.33. The first-order chi connectivity index (χ1) is 7.22. The predicted octanol–water partition coefficient (Wildman–Crippen LogP) is 2.40. The summed E-state index contributed by atoms with van der Waals surface area (Å²) in [5.74, 6) is 0.787. The van der Waals surface area contributed by atoms with Crippen LogP contribution in [-0.4, -0.2) is 0 Å². The third-order valence-electron chi connectivity index (χ3n) is 3.29. The molecule has 1 nitrogen and oxygen atoms in total. The van der Waals surface area contributed by atoms with Crippen molar-refractivity contribution >= 4 is 12.7 Å². The summed E-state index contributed by atoms with van der Waals surface area (Å²) in [6.45, 7) is 8.51. The summed E-state index contributed by atoms with van der Waals surface area (Å²) in [4.78, 5) is 0. The number of furan rings is 1. The minimum absolute atomic E-state index is 0.787. The first kappa shape index (κ1) is 10.5. The van der Waals surface area contributed by atoms with Gasteiger partial charge in [-0.1, -0.05) is 26.8 Å². The summed E-state index contributed by atoms with van der Waals surface area (Å²) in [5.41, 5.74) is 4.82. The molecule has 0 spiro atoms. The van der Waals surface area contributed by atoms with E-state index in [1.54, 1.807) is 0 Å². The third kappa shape index (κ3) is 2.01. The molecule has 1 aromatic rings. The molecule has 0 saturated heterocycles. The molecule has 82 valence electrons. The average molecular weight is 204 g/mol. The van der Waals surface area contributed by atoms with E-state index in [2.05, 4.69) is 26.5 Å². The van der Waals surface area contributed by atoms with Crippen molar-refractivity contribution in [3.05, 3.63) is 22.0 Å². The molecule has 0 aromatic carbocycles. The van der Waals surface area contributed by atoms with E-state index < -0.39 is 0 Å². The minimum atomic E-state index is 0.787. The van der Waals surface area contributed by atoms with Gasteiger partial charge in [0.05, 0.1) is 0 Å². The van der Waals surface area contributed by atoms with Crippen LogP contribution < -0.4 is 10.8 Å². The molecule has 15 heavy (non-hydrogen) atoms. The van der Waals surface area contributed by atoms with Gasteiger partial charge in [-0.05, 0) is 37.7 Å².